The lowest BCUT2D eigenvalue weighted by Crippen LogP contribution is -2.45. The molecule has 4 heterocycles. The maximum atomic E-state index is 14.6. The quantitative estimate of drug-likeness (QED) is 0.0857. The molecule has 0 amide bonds. The van der Waals surface area contributed by atoms with Crippen molar-refractivity contribution in [1.82, 2.24) is 0 Å². The van der Waals surface area contributed by atoms with Gasteiger partial charge in [0, 0.05) is 66.2 Å². The lowest BCUT2D eigenvalue weighted by Gasteiger charge is -2.48. The minimum absolute atomic E-state index is 0.00149. The van der Waals surface area contributed by atoms with Crippen molar-refractivity contribution in [2.24, 2.45) is 11.8 Å². The number of Topliss-reactive ketones (excluding diaryl/α,β-unsaturated/α-hetero) is 2. The Hall–Kier alpha value is -7.62. The van der Waals surface area contributed by atoms with Crippen LogP contribution in [0.25, 0.3) is 44.1 Å². The molecule has 4 aromatic rings. The SMILES string of the molecule is [C-]#[N+]C(C#N)=C1/C(=C/c2cc3c(s2)C2=CC4C=C5C(=CC4C=C2C2(CCCCC2)O3)c2sc(/C=C3\C(=O)c4cc(F)c(F)cc4\C3=C(\C#N)[N+]#[C-])cc2OC52CCCCC2)C(=O)c2cc(F)c(F)cc21. The number of hydrogen-bond donors (Lipinski definition) is 0. The fraction of sp³-hybridized carbons (Fsp3) is 0.250. The van der Waals surface area contributed by atoms with Gasteiger partial charge in [-0.2, -0.15) is 0 Å². The molecule has 70 heavy (non-hydrogen) atoms. The van der Waals surface area contributed by atoms with Crippen LogP contribution in [0.4, 0.5) is 17.6 Å². The summed E-state index contributed by atoms with van der Waals surface area (Å²) in [5, 5.41) is 19.8. The minimum atomic E-state index is -1.20. The van der Waals surface area contributed by atoms with Crippen LogP contribution in [0.3, 0.4) is 0 Å². The highest BCUT2D eigenvalue weighted by Crippen LogP contribution is 2.60. The predicted octanol–water partition coefficient (Wildman–Crippen LogP) is 14.0. The summed E-state index contributed by atoms with van der Waals surface area (Å²) in [6, 6.07) is 10.8. The molecular weight excluding hydrogens is 933 g/mol. The largest absolute Gasteiger partial charge is 0.481 e. The molecule has 8 aliphatic rings. The summed E-state index contributed by atoms with van der Waals surface area (Å²) in [6.45, 7) is 15.4. The van der Waals surface area contributed by atoms with Crippen LogP contribution in [-0.2, 0) is 0 Å². The number of hydrogen-bond acceptors (Lipinski definition) is 8. The molecular formula is C56H34F4N4O4S2. The van der Waals surface area contributed by atoms with Crippen LogP contribution in [0.1, 0.15) is 116 Å². The number of benzene rings is 2. The molecule has 8 nitrogen and oxygen atoms in total. The Morgan fingerprint density at radius 1 is 0.586 bits per heavy atom. The van der Waals surface area contributed by atoms with Crippen molar-refractivity contribution in [2.75, 3.05) is 0 Å². The second kappa shape index (κ2) is 16.0. The topological polar surface area (TPSA) is 109 Å². The van der Waals surface area contributed by atoms with E-state index in [2.05, 4.69) is 34.0 Å². The van der Waals surface area contributed by atoms with Crippen molar-refractivity contribution < 1.29 is 36.6 Å². The third-order valence-electron chi connectivity index (χ3n) is 15.0. The van der Waals surface area contributed by atoms with Crippen LogP contribution in [-0.4, -0.2) is 22.8 Å². The zero-order valence-electron chi connectivity index (χ0n) is 36.9. The zero-order valence-corrected chi connectivity index (χ0v) is 38.5. The summed E-state index contributed by atoms with van der Waals surface area (Å²) in [7, 11) is 0. The Morgan fingerprint density at radius 2 is 0.957 bits per heavy atom. The molecule has 2 aromatic carbocycles. The number of nitrogens with zero attached hydrogens (tertiary/aromatic N) is 4. The first kappa shape index (κ1) is 43.6. The number of halogens is 4. The summed E-state index contributed by atoms with van der Waals surface area (Å²) >= 11 is 2.81. The summed E-state index contributed by atoms with van der Waals surface area (Å²) in [5.41, 5.74) is 1.88. The lowest BCUT2D eigenvalue weighted by molar-refractivity contribution is 0.0636. The number of ether oxygens (including phenoxy) is 2. The molecule has 0 N–H and O–H groups in total. The van der Waals surface area contributed by atoms with Crippen molar-refractivity contribution in [3.8, 4) is 23.6 Å². The predicted molar refractivity (Wildman–Crippen MR) is 256 cm³/mol. The number of carbonyl (C=O) groups excluding carboxylic acids is 2. The molecule has 12 rings (SSSR count). The van der Waals surface area contributed by atoms with Gasteiger partial charge in [0.2, 0.25) is 0 Å². The van der Waals surface area contributed by atoms with Gasteiger partial charge >= 0.3 is 0 Å². The number of allylic oxidation sites excluding steroid dienone is 10. The van der Waals surface area contributed by atoms with Crippen molar-refractivity contribution in [1.29, 1.82) is 10.5 Å². The molecule has 0 saturated heterocycles. The van der Waals surface area contributed by atoms with E-state index in [4.69, 9.17) is 22.6 Å². The Kier molecular flexibility index (Phi) is 9.96. The number of nitriles is 2. The van der Waals surface area contributed by atoms with Gasteiger partial charge in [-0.25, -0.2) is 37.8 Å². The molecule has 2 unspecified atom stereocenters. The van der Waals surface area contributed by atoms with Crippen molar-refractivity contribution in [3.63, 3.8) is 0 Å². The Balaban J connectivity index is 0.969. The van der Waals surface area contributed by atoms with Crippen LogP contribution in [0, 0.1) is 70.9 Å². The molecule has 14 heteroatoms. The number of ketones is 2. The van der Waals surface area contributed by atoms with Gasteiger partial charge < -0.3 is 9.47 Å². The van der Waals surface area contributed by atoms with E-state index in [9.17, 15) is 37.7 Å². The average Bonchev–Trinajstić information content (AvgIpc) is 4.09. The highest BCUT2D eigenvalue weighted by atomic mass is 32.1. The summed E-state index contributed by atoms with van der Waals surface area (Å²) in [6.07, 6.45) is 21.6. The molecule has 0 radical (unpaired) electrons. The zero-order chi connectivity index (χ0) is 48.4. The maximum absolute atomic E-state index is 14.6. The van der Waals surface area contributed by atoms with E-state index >= 15 is 0 Å². The van der Waals surface area contributed by atoms with Crippen LogP contribution in [0.15, 0.2) is 94.4 Å². The van der Waals surface area contributed by atoms with Gasteiger partial charge in [0.25, 0.3) is 11.4 Å². The fourth-order valence-corrected chi connectivity index (χ4v) is 14.0. The second-order valence-electron chi connectivity index (χ2n) is 18.8. The van der Waals surface area contributed by atoms with Gasteiger partial charge in [0.15, 0.2) is 34.8 Å². The third-order valence-corrected chi connectivity index (χ3v) is 17.2. The van der Waals surface area contributed by atoms with Gasteiger partial charge in [-0.15, -0.1) is 22.7 Å². The Morgan fingerprint density at radius 3 is 1.31 bits per heavy atom. The van der Waals surface area contributed by atoms with E-state index in [1.807, 2.05) is 24.3 Å². The van der Waals surface area contributed by atoms with Crippen LogP contribution >= 0.6 is 22.7 Å². The number of rotatable bonds is 2. The van der Waals surface area contributed by atoms with Crippen molar-refractivity contribution in [3.05, 3.63) is 182 Å². The van der Waals surface area contributed by atoms with Gasteiger partial charge in [-0.1, -0.05) is 37.1 Å². The molecule has 2 aromatic heterocycles. The smallest absolute Gasteiger partial charge is 0.270 e. The first-order valence-corrected chi connectivity index (χ1v) is 24.6. The first-order chi connectivity index (χ1) is 33.9. The van der Waals surface area contributed by atoms with E-state index in [1.165, 1.54) is 22.7 Å². The molecule has 2 fully saturated rings. The van der Waals surface area contributed by atoms with E-state index < -0.39 is 57.4 Å². The van der Waals surface area contributed by atoms with Gasteiger partial charge in [-0.3, -0.25) is 9.59 Å². The summed E-state index contributed by atoms with van der Waals surface area (Å²) < 4.78 is 72.3. The molecule has 2 spiro atoms. The van der Waals surface area contributed by atoms with Crippen LogP contribution < -0.4 is 9.47 Å². The number of thiophene rings is 2. The lowest BCUT2D eigenvalue weighted by atomic mass is 9.65. The first-order valence-electron chi connectivity index (χ1n) is 23.0. The van der Waals surface area contributed by atoms with Crippen LogP contribution in [0.2, 0.25) is 0 Å². The average molecular weight is 967 g/mol. The Labute approximate surface area is 407 Å². The second-order valence-corrected chi connectivity index (χ2v) is 20.9. The third kappa shape index (κ3) is 6.40. The van der Waals surface area contributed by atoms with E-state index in [0.29, 0.717) is 21.3 Å². The van der Waals surface area contributed by atoms with Gasteiger partial charge in [-0.05, 0) is 122 Å². The number of carbonyl (C=O) groups is 2. The van der Waals surface area contributed by atoms with Crippen molar-refractivity contribution in [2.45, 2.75) is 75.4 Å². The molecule has 0 bridgehead atoms. The number of fused-ring (bicyclic) bond motifs is 11. The van der Waals surface area contributed by atoms with Crippen LogP contribution in [0.5, 0.6) is 11.5 Å². The molecule has 342 valence electrons. The van der Waals surface area contributed by atoms with E-state index in [0.717, 1.165) is 121 Å². The van der Waals surface area contributed by atoms with Gasteiger partial charge in [0.1, 0.15) is 22.7 Å². The fourth-order valence-electron chi connectivity index (χ4n) is 11.9. The van der Waals surface area contributed by atoms with E-state index in [1.54, 1.807) is 12.2 Å². The standard InChI is InChI=1S/C56H34F4N4O4S2/c1-63-45(25-61)49-31-21-41(57)43(59)23-33(31)51(65)37(49)17-29-19-47-53(69-29)35-13-27-16-40-36(14-28(27)15-39(35)55(67-47)9-5-3-6-10-55)54-48(68-56(40)11-7-4-8-12-56)20-30(70-54)18-38-50(46(26-62)64-2)32-22-42(58)44(60)24-34(32)52(38)66/h13-24,27-28H,3-12H2/b37-17-,38-18-,49-45+,50-46?. The maximum Gasteiger partial charge on any atom is 0.270 e. The highest BCUT2D eigenvalue weighted by Gasteiger charge is 2.50. The summed E-state index contributed by atoms with van der Waals surface area (Å²) in [4.78, 5) is 37.4. The normalized spacial score (nSPS) is 24.3. The molecule has 6 aliphatic carbocycles. The minimum Gasteiger partial charge on any atom is -0.481 e. The van der Waals surface area contributed by atoms with Crippen molar-refractivity contribution >= 4 is 68.7 Å². The molecule has 2 atom stereocenters. The van der Waals surface area contributed by atoms with E-state index in [-0.39, 0.29) is 56.4 Å². The highest BCUT2D eigenvalue weighted by molar-refractivity contribution is 7.15. The Bertz CT molecular complexity index is 3340. The van der Waals surface area contributed by atoms with Gasteiger partial charge in [0.05, 0.1) is 35.0 Å². The monoisotopic (exact) mass is 966 g/mol. The molecule has 2 aliphatic heterocycles. The summed E-state index contributed by atoms with van der Waals surface area (Å²) in [5.74, 6) is -4.87. The molecule has 2 saturated carbocycles.